The summed E-state index contributed by atoms with van der Waals surface area (Å²) in [6, 6.07) is 8.29. The van der Waals surface area contributed by atoms with Crippen molar-refractivity contribution in [3.8, 4) is 12.1 Å². The number of rotatable bonds is 3. The summed E-state index contributed by atoms with van der Waals surface area (Å²) in [6.07, 6.45) is 0. The number of nitrogens with two attached hydrogens (primary N) is 2. The van der Waals surface area contributed by atoms with Gasteiger partial charge in [-0.3, -0.25) is 4.79 Å². The summed E-state index contributed by atoms with van der Waals surface area (Å²) in [5, 5.41) is 17.8. The average Bonchev–Trinajstić information content (AvgIpc) is 2.36. The summed E-state index contributed by atoms with van der Waals surface area (Å²) < 4.78 is 0. The molecule has 1 aromatic carbocycles. The minimum atomic E-state index is -1.35. The molecule has 0 aromatic heterocycles. The van der Waals surface area contributed by atoms with E-state index in [1.807, 2.05) is 12.1 Å². The Labute approximate surface area is 106 Å². The van der Waals surface area contributed by atoms with Crippen molar-refractivity contribution in [3.63, 3.8) is 0 Å². The predicted molar refractivity (Wildman–Crippen MR) is 65.8 cm³/mol. The van der Waals surface area contributed by atoms with Crippen LogP contribution in [0.3, 0.4) is 0 Å². The molecule has 0 saturated heterocycles. The van der Waals surface area contributed by atoms with Crippen LogP contribution in [0, 0.1) is 28.6 Å². The van der Waals surface area contributed by atoms with Gasteiger partial charge in [0, 0.05) is 0 Å². The van der Waals surface area contributed by atoms with E-state index in [4.69, 9.17) is 22.0 Å². The van der Waals surface area contributed by atoms with Crippen LogP contribution in [0.5, 0.6) is 0 Å². The Bertz CT molecular complexity index is 565. The van der Waals surface area contributed by atoms with Gasteiger partial charge in [0.25, 0.3) is 0 Å². The first-order chi connectivity index (χ1) is 8.37. The highest BCUT2D eigenvalue weighted by Gasteiger charge is 2.37. The maximum Gasteiger partial charge on any atom is 0.242 e. The number of nitriles is 2. The second-order valence-electron chi connectivity index (χ2n) is 4.37. The number of hydrogen-bond donors (Lipinski definition) is 2. The summed E-state index contributed by atoms with van der Waals surface area (Å²) in [6.45, 7) is 3.55. The standard InChI is InChI=1S/C13H14N4O/c1-8(2)13(17,12(16)18)11-4-3-9(6-14)10(5-11)7-15/h3-5,8H,17H2,1-2H3,(H2,16,18). The predicted octanol–water partition coefficient (Wildman–Crippen LogP) is 0.725. The molecule has 0 heterocycles. The van der Waals surface area contributed by atoms with E-state index in [0.717, 1.165) is 0 Å². The molecular formula is C13H14N4O. The van der Waals surface area contributed by atoms with Crippen molar-refractivity contribution in [1.82, 2.24) is 0 Å². The lowest BCUT2D eigenvalue weighted by Gasteiger charge is -2.30. The zero-order valence-corrected chi connectivity index (χ0v) is 10.3. The van der Waals surface area contributed by atoms with Crippen LogP contribution in [-0.4, -0.2) is 5.91 Å². The number of amides is 1. The van der Waals surface area contributed by atoms with Crippen LogP contribution >= 0.6 is 0 Å². The van der Waals surface area contributed by atoms with Crippen LogP contribution in [0.1, 0.15) is 30.5 Å². The van der Waals surface area contributed by atoms with Gasteiger partial charge in [0.2, 0.25) is 5.91 Å². The molecule has 0 aliphatic carbocycles. The summed E-state index contributed by atoms with van der Waals surface area (Å²) in [5.74, 6) is -0.888. The smallest absolute Gasteiger partial charge is 0.242 e. The molecule has 1 aromatic rings. The highest BCUT2D eigenvalue weighted by atomic mass is 16.1. The van der Waals surface area contributed by atoms with Gasteiger partial charge in [-0.2, -0.15) is 10.5 Å². The van der Waals surface area contributed by atoms with E-state index in [-0.39, 0.29) is 17.0 Å². The van der Waals surface area contributed by atoms with E-state index in [0.29, 0.717) is 5.56 Å². The molecule has 1 amide bonds. The SMILES string of the molecule is CC(C)C(N)(C(N)=O)c1ccc(C#N)c(C#N)c1. The molecule has 92 valence electrons. The van der Waals surface area contributed by atoms with Crippen molar-refractivity contribution >= 4 is 5.91 Å². The Kier molecular flexibility index (Phi) is 3.70. The van der Waals surface area contributed by atoms with Gasteiger partial charge in [-0.25, -0.2) is 0 Å². The topological polar surface area (TPSA) is 117 Å². The molecule has 0 radical (unpaired) electrons. The van der Waals surface area contributed by atoms with Gasteiger partial charge >= 0.3 is 0 Å². The van der Waals surface area contributed by atoms with Crippen molar-refractivity contribution in [2.24, 2.45) is 17.4 Å². The average molecular weight is 242 g/mol. The number of benzene rings is 1. The zero-order valence-electron chi connectivity index (χ0n) is 10.3. The third-order valence-corrected chi connectivity index (χ3v) is 3.06. The molecule has 4 N–H and O–H groups in total. The molecule has 1 unspecified atom stereocenters. The van der Waals surface area contributed by atoms with Gasteiger partial charge in [-0.1, -0.05) is 19.9 Å². The molecule has 1 rings (SSSR count). The number of nitrogens with zero attached hydrogens (tertiary/aromatic N) is 2. The first-order valence-corrected chi connectivity index (χ1v) is 5.41. The van der Waals surface area contributed by atoms with E-state index < -0.39 is 11.4 Å². The summed E-state index contributed by atoms with van der Waals surface area (Å²) in [7, 11) is 0. The van der Waals surface area contributed by atoms with Crippen molar-refractivity contribution in [2.45, 2.75) is 19.4 Å². The minimum Gasteiger partial charge on any atom is -0.368 e. The van der Waals surface area contributed by atoms with Crippen LogP contribution in [0.15, 0.2) is 18.2 Å². The van der Waals surface area contributed by atoms with Crippen LogP contribution in [-0.2, 0) is 10.3 Å². The first kappa shape index (κ1) is 13.7. The third kappa shape index (κ3) is 2.04. The third-order valence-electron chi connectivity index (χ3n) is 3.06. The fraction of sp³-hybridized carbons (Fsp3) is 0.308. The molecule has 0 aliphatic heterocycles. The van der Waals surface area contributed by atoms with Crippen LogP contribution in [0.2, 0.25) is 0 Å². The summed E-state index contributed by atoms with van der Waals surface area (Å²) >= 11 is 0. The molecule has 5 heteroatoms. The van der Waals surface area contributed by atoms with Gasteiger partial charge in [0.1, 0.15) is 17.7 Å². The quantitative estimate of drug-likeness (QED) is 0.812. The minimum absolute atomic E-state index is 0.187. The lowest BCUT2D eigenvalue weighted by atomic mass is 9.79. The van der Waals surface area contributed by atoms with E-state index in [1.165, 1.54) is 12.1 Å². The van der Waals surface area contributed by atoms with Crippen LogP contribution in [0.4, 0.5) is 0 Å². The summed E-state index contributed by atoms with van der Waals surface area (Å²) in [4.78, 5) is 11.6. The number of hydrogen-bond acceptors (Lipinski definition) is 4. The molecule has 0 saturated carbocycles. The molecule has 5 nitrogen and oxygen atoms in total. The van der Waals surface area contributed by atoms with Crippen molar-refractivity contribution in [2.75, 3.05) is 0 Å². The largest absolute Gasteiger partial charge is 0.368 e. The van der Waals surface area contributed by atoms with E-state index >= 15 is 0 Å². The molecule has 0 bridgehead atoms. The van der Waals surface area contributed by atoms with Crippen LogP contribution in [0.25, 0.3) is 0 Å². The zero-order chi connectivity index (χ0) is 13.9. The first-order valence-electron chi connectivity index (χ1n) is 5.41. The molecule has 0 spiro atoms. The maximum atomic E-state index is 11.6. The molecule has 0 aliphatic rings. The van der Waals surface area contributed by atoms with Gasteiger partial charge in [0.15, 0.2) is 0 Å². The van der Waals surface area contributed by atoms with E-state index in [1.54, 1.807) is 19.9 Å². The second-order valence-corrected chi connectivity index (χ2v) is 4.37. The van der Waals surface area contributed by atoms with Crippen molar-refractivity contribution < 1.29 is 4.79 Å². The van der Waals surface area contributed by atoms with Gasteiger partial charge in [-0.15, -0.1) is 0 Å². The number of carbonyl (C=O) groups excluding carboxylic acids is 1. The van der Waals surface area contributed by atoms with Gasteiger partial charge in [0.05, 0.1) is 11.1 Å². The molecular weight excluding hydrogens is 228 g/mol. The van der Waals surface area contributed by atoms with Gasteiger partial charge in [-0.05, 0) is 23.6 Å². The van der Waals surface area contributed by atoms with E-state index in [9.17, 15) is 4.79 Å². The Balaban J connectivity index is 3.47. The Morgan fingerprint density at radius 2 is 1.83 bits per heavy atom. The highest BCUT2D eigenvalue weighted by Crippen LogP contribution is 2.28. The Morgan fingerprint density at radius 3 is 2.22 bits per heavy atom. The monoisotopic (exact) mass is 242 g/mol. The fourth-order valence-corrected chi connectivity index (χ4v) is 1.75. The maximum absolute atomic E-state index is 11.6. The Hall–Kier alpha value is -2.37. The molecule has 18 heavy (non-hydrogen) atoms. The van der Waals surface area contributed by atoms with Crippen molar-refractivity contribution in [1.29, 1.82) is 10.5 Å². The Morgan fingerprint density at radius 1 is 1.28 bits per heavy atom. The lowest BCUT2D eigenvalue weighted by molar-refractivity contribution is -0.125. The molecule has 1 atom stereocenters. The summed E-state index contributed by atoms with van der Waals surface area (Å²) in [5.41, 5.74) is 10.9. The van der Waals surface area contributed by atoms with E-state index in [2.05, 4.69) is 0 Å². The van der Waals surface area contributed by atoms with Crippen molar-refractivity contribution in [3.05, 3.63) is 34.9 Å². The number of carbonyl (C=O) groups is 1. The normalized spacial score (nSPS) is 13.4. The molecule has 0 fully saturated rings. The van der Waals surface area contributed by atoms with Gasteiger partial charge < -0.3 is 11.5 Å². The number of primary amides is 1. The fourth-order valence-electron chi connectivity index (χ4n) is 1.75. The lowest BCUT2D eigenvalue weighted by Crippen LogP contribution is -2.53. The van der Waals surface area contributed by atoms with Crippen LogP contribution < -0.4 is 11.5 Å². The second kappa shape index (κ2) is 4.87. The highest BCUT2D eigenvalue weighted by molar-refractivity contribution is 5.86.